The van der Waals surface area contributed by atoms with E-state index < -0.39 is 0 Å². The molecule has 0 spiro atoms. The Morgan fingerprint density at radius 3 is 2.56 bits per heavy atom. The second-order valence-electron chi connectivity index (χ2n) is 6.48. The van der Waals surface area contributed by atoms with E-state index in [1.165, 1.54) is 31.2 Å². The highest BCUT2D eigenvalue weighted by Crippen LogP contribution is 2.47. The maximum absolute atomic E-state index is 5.72. The Kier molecular flexibility index (Phi) is 3.86. The summed E-state index contributed by atoms with van der Waals surface area (Å²) in [5, 5.41) is 3.54. The van der Waals surface area contributed by atoms with Crippen LogP contribution in [0.1, 0.15) is 62.7 Å². The van der Waals surface area contributed by atoms with Crippen molar-refractivity contribution in [1.82, 2.24) is 5.32 Å². The third-order valence-electron chi connectivity index (χ3n) is 4.72. The average molecular weight is 249 g/mol. The lowest BCUT2D eigenvalue weighted by Gasteiger charge is -2.43. The fourth-order valence-corrected chi connectivity index (χ4v) is 3.67. The van der Waals surface area contributed by atoms with Crippen molar-refractivity contribution in [3.63, 3.8) is 0 Å². The van der Waals surface area contributed by atoms with E-state index in [1.807, 2.05) is 6.92 Å². The van der Waals surface area contributed by atoms with Crippen molar-refractivity contribution in [3.8, 4) is 0 Å². The van der Waals surface area contributed by atoms with Crippen LogP contribution in [0.3, 0.4) is 0 Å². The number of hydrogen-bond acceptors (Lipinski definition) is 2. The standard InChI is InChI=1S/C16H27NO/c1-11-10-13(12(2)18-11)15(17-5)14-8-6-7-9-16(14,3)4/h10,14-15,17H,6-9H2,1-5H3. The normalized spacial score (nSPS) is 25.1. The summed E-state index contributed by atoms with van der Waals surface area (Å²) >= 11 is 0. The Morgan fingerprint density at radius 2 is 2.06 bits per heavy atom. The van der Waals surface area contributed by atoms with Crippen molar-refractivity contribution in [2.24, 2.45) is 11.3 Å². The van der Waals surface area contributed by atoms with Crippen LogP contribution in [0.15, 0.2) is 10.5 Å². The second kappa shape index (κ2) is 5.08. The topological polar surface area (TPSA) is 25.2 Å². The van der Waals surface area contributed by atoms with Crippen molar-refractivity contribution in [3.05, 3.63) is 23.2 Å². The van der Waals surface area contributed by atoms with Crippen molar-refractivity contribution < 1.29 is 4.42 Å². The van der Waals surface area contributed by atoms with Crippen LogP contribution in [0.25, 0.3) is 0 Å². The molecule has 1 aromatic rings. The fraction of sp³-hybridized carbons (Fsp3) is 0.750. The summed E-state index contributed by atoms with van der Waals surface area (Å²) in [4.78, 5) is 0. The Balaban J connectivity index is 2.30. The largest absolute Gasteiger partial charge is 0.466 e. The molecule has 2 rings (SSSR count). The zero-order valence-corrected chi connectivity index (χ0v) is 12.5. The molecule has 2 nitrogen and oxygen atoms in total. The molecule has 0 bridgehead atoms. The predicted molar refractivity (Wildman–Crippen MR) is 75.7 cm³/mol. The van der Waals surface area contributed by atoms with Gasteiger partial charge in [-0.25, -0.2) is 0 Å². The van der Waals surface area contributed by atoms with E-state index in [2.05, 4.69) is 39.2 Å². The molecular formula is C16H27NO. The molecule has 0 amide bonds. The fourth-order valence-electron chi connectivity index (χ4n) is 3.67. The average Bonchev–Trinajstić information content (AvgIpc) is 2.61. The molecule has 1 aliphatic carbocycles. The van der Waals surface area contributed by atoms with Crippen LogP contribution in [0.2, 0.25) is 0 Å². The molecule has 1 aliphatic rings. The first-order valence-electron chi connectivity index (χ1n) is 7.20. The van der Waals surface area contributed by atoms with Gasteiger partial charge < -0.3 is 9.73 Å². The zero-order valence-electron chi connectivity index (χ0n) is 12.5. The molecule has 2 atom stereocenters. The minimum atomic E-state index is 0.420. The van der Waals surface area contributed by atoms with Gasteiger partial charge in [-0.2, -0.15) is 0 Å². The zero-order chi connectivity index (χ0) is 13.3. The minimum absolute atomic E-state index is 0.420. The van der Waals surface area contributed by atoms with E-state index in [0.717, 1.165) is 11.5 Å². The third kappa shape index (κ3) is 2.49. The van der Waals surface area contributed by atoms with Gasteiger partial charge >= 0.3 is 0 Å². The molecule has 1 N–H and O–H groups in total. The van der Waals surface area contributed by atoms with Gasteiger partial charge in [-0.1, -0.05) is 26.7 Å². The number of nitrogens with one attached hydrogen (secondary N) is 1. The van der Waals surface area contributed by atoms with E-state index in [0.29, 0.717) is 17.4 Å². The smallest absolute Gasteiger partial charge is 0.105 e. The van der Waals surface area contributed by atoms with Crippen LogP contribution in [-0.2, 0) is 0 Å². The minimum Gasteiger partial charge on any atom is -0.466 e. The molecule has 1 saturated carbocycles. The molecule has 0 radical (unpaired) electrons. The molecule has 2 heteroatoms. The second-order valence-corrected chi connectivity index (χ2v) is 6.48. The monoisotopic (exact) mass is 249 g/mol. The van der Waals surface area contributed by atoms with Crippen molar-refractivity contribution >= 4 is 0 Å². The van der Waals surface area contributed by atoms with Crippen LogP contribution in [0.4, 0.5) is 0 Å². The summed E-state index contributed by atoms with van der Waals surface area (Å²) in [5.74, 6) is 2.80. The number of rotatable bonds is 3. The molecule has 2 unspecified atom stereocenters. The van der Waals surface area contributed by atoms with E-state index in [4.69, 9.17) is 4.42 Å². The SMILES string of the molecule is CNC(c1cc(C)oc1C)C1CCCCC1(C)C. The maximum atomic E-state index is 5.72. The molecule has 0 saturated heterocycles. The van der Waals surface area contributed by atoms with Crippen LogP contribution in [-0.4, -0.2) is 7.05 Å². The van der Waals surface area contributed by atoms with Gasteiger partial charge in [-0.15, -0.1) is 0 Å². The van der Waals surface area contributed by atoms with Gasteiger partial charge in [0.1, 0.15) is 11.5 Å². The molecule has 0 aromatic carbocycles. The van der Waals surface area contributed by atoms with Crippen LogP contribution < -0.4 is 5.32 Å². The Bertz CT molecular complexity index is 405. The van der Waals surface area contributed by atoms with Gasteiger partial charge in [0, 0.05) is 11.6 Å². The molecule has 18 heavy (non-hydrogen) atoms. The highest BCUT2D eigenvalue weighted by Gasteiger charge is 2.38. The summed E-state index contributed by atoms with van der Waals surface area (Å²) in [6, 6.07) is 2.64. The van der Waals surface area contributed by atoms with Gasteiger partial charge in [0.25, 0.3) is 0 Å². The van der Waals surface area contributed by atoms with Crippen LogP contribution >= 0.6 is 0 Å². The lowest BCUT2D eigenvalue weighted by atomic mass is 9.65. The summed E-state index contributed by atoms with van der Waals surface area (Å²) in [7, 11) is 2.08. The van der Waals surface area contributed by atoms with Crippen LogP contribution in [0.5, 0.6) is 0 Å². The van der Waals surface area contributed by atoms with Gasteiger partial charge in [0.2, 0.25) is 0 Å². The number of hydrogen-bond donors (Lipinski definition) is 1. The first kappa shape index (κ1) is 13.7. The van der Waals surface area contributed by atoms with E-state index in [9.17, 15) is 0 Å². The Hall–Kier alpha value is -0.760. The first-order chi connectivity index (χ1) is 8.45. The number of aryl methyl sites for hydroxylation is 2. The summed E-state index contributed by atoms with van der Waals surface area (Å²) in [6.45, 7) is 8.96. The van der Waals surface area contributed by atoms with Crippen LogP contribution in [0, 0.1) is 25.2 Å². The Labute approximate surface area is 111 Å². The predicted octanol–water partition coefficient (Wildman–Crippen LogP) is 4.37. The summed E-state index contributed by atoms with van der Waals surface area (Å²) in [6.07, 6.45) is 5.40. The van der Waals surface area contributed by atoms with E-state index in [1.54, 1.807) is 0 Å². The van der Waals surface area contributed by atoms with E-state index >= 15 is 0 Å². The van der Waals surface area contributed by atoms with Gasteiger partial charge in [0.15, 0.2) is 0 Å². The number of furan rings is 1. The van der Waals surface area contributed by atoms with Gasteiger partial charge in [-0.05, 0) is 51.1 Å². The highest BCUT2D eigenvalue weighted by atomic mass is 16.3. The summed E-state index contributed by atoms with van der Waals surface area (Å²) in [5.41, 5.74) is 1.78. The Morgan fingerprint density at radius 1 is 1.33 bits per heavy atom. The molecule has 1 aromatic heterocycles. The summed E-state index contributed by atoms with van der Waals surface area (Å²) < 4.78 is 5.72. The lowest BCUT2D eigenvalue weighted by Crippen LogP contribution is -2.37. The first-order valence-corrected chi connectivity index (χ1v) is 7.20. The highest BCUT2D eigenvalue weighted by molar-refractivity contribution is 5.25. The van der Waals surface area contributed by atoms with Gasteiger partial charge in [0.05, 0.1) is 0 Å². The molecule has 1 fully saturated rings. The van der Waals surface area contributed by atoms with E-state index in [-0.39, 0.29) is 0 Å². The van der Waals surface area contributed by atoms with Crippen molar-refractivity contribution in [2.45, 2.75) is 59.4 Å². The third-order valence-corrected chi connectivity index (χ3v) is 4.72. The maximum Gasteiger partial charge on any atom is 0.105 e. The van der Waals surface area contributed by atoms with Gasteiger partial charge in [-0.3, -0.25) is 0 Å². The lowest BCUT2D eigenvalue weighted by molar-refractivity contribution is 0.101. The van der Waals surface area contributed by atoms with Crippen molar-refractivity contribution in [2.75, 3.05) is 7.05 Å². The molecular weight excluding hydrogens is 222 g/mol. The molecule has 102 valence electrons. The quantitative estimate of drug-likeness (QED) is 0.860. The molecule has 0 aliphatic heterocycles. The van der Waals surface area contributed by atoms with Crippen molar-refractivity contribution in [1.29, 1.82) is 0 Å². The molecule has 1 heterocycles.